The number of hydrogen-bond acceptors (Lipinski definition) is 5. The molecule has 0 unspecified atom stereocenters. The zero-order valence-electron chi connectivity index (χ0n) is 8.96. The maximum absolute atomic E-state index is 10.4. The second-order valence-electron chi connectivity index (χ2n) is 3.38. The molecule has 0 aliphatic heterocycles. The molecule has 0 saturated carbocycles. The van der Waals surface area contributed by atoms with Gasteiger partial charge in [-0.05, 0) is 12.1 Å². The minimum atomic E-state index is -1.12. The highest BCUT2D eigenvalue weighted by atomic mass is 32.1. The SMILES string of the molecule is O=C([O-])Cc1csc(COc2ccccc2)n1. The van der Waals surface area contributed by atoms with Crippen LogP contribution in [-0.4, -0.2) is 11.0 Å². The van der Waals surface area contributed by atoms with Gasteiger partial charge in [0.05, 0.1) is 5.69 Å². The summed E-state index contributed by atoms with van der Waals surface area (Å²) in [6.07, 6.45) is -0.151. The van der Waals surface area contributed by atoms with Gasteiger partial charge in [-0.2, -0.15) is 0 Å². The summed E-state index contributed by atoms with van der Waals surface area (Å²) in [5.74, 6) is -0.352. The summed E-state index contributed by atoms with van der Waals surface area (Å²) in [5.41, 5.74) is 0.515. The van der Waals surface area contributed by atoms with Gasteiger partial charge in [-0.25, -0.2) is 4.98 Å². The van der Waals surface area contributed by atoms with E-state index >= 15 is 0 Å². The van der Waals surface area contributed by atoms with Gasteiger partial charge in [0, 0.05) is 17.8 Å². The monoisotopic (exact) mass is 248 g/mol. The van der Waals surface area contributed by atoms with Crippen molar-refractivity contribution in [2.45, 2.75) is 13.0 Å². The fourth-order valence-electron chi connectivity index (χ4n) is 1.31. The molecule has 4 nitrogen and oxygen atoms in total. The standard InChI is InChI=1S/C12H11NO3S/c14-12(15)6-9-8-17-11(13-9)7-16-10-4-2-1-3-5-10/h1-5,8H,6-7H2,(H,14,15)/p-1. The third-order valence-electron chi connectivity index (χ3n) is 2.03. The highest BCUT2D eigenvalue weighted by molar-refractivity contribution is 7.09. The van der Waals surface area contributed by atoms with E-state index in [2.05, 4.69) is 4.98 Å². The molecule has 5 heteroatoms. The van der Waals surface area contributed by atoms with Crippen LogP contribution in [0.2, 0.25) is 0 Å². The van der Waals surface area contributed by atoms with Crippen LogP contribution >= 0.6 is 11.3 Å². The molecular formula is C12H10NO3S-. The summed E-state index contributed by atoms with van der Waals surface area (Å²) in [7, 11) is 0. The molecule has 88 valence electrons. The molecule has 0 aliphatic carbocycles. The number of carboxylic acids is 1. The number of para-hydroxylation sites is 1. The van der Waals surface area contributed by atoms with Crippen molar-refractivity contribution < 1.29 is 14.6 Å². The molecule has 0 fully saturated rings. The van der Waals surface area contributed by atoms with E-state index in [4.69, 9.17) is 4.74 Å². The summed E-state index contributed by atoms with van der Waals surface area (Å²) in [6.45, 7) is 0.349. The Morgan fingerprint density at radius 3 is 2.82 bits per heavy atom. The van der Waals surface area contributed by atoms with E-state index in [9.17, 15) is 9.90 Å². The number of aliphatic carboxylic acids is 1. The van der Waals surface area contributed by atoms with Crippen molar-refractivity contribution in [3.63, 3.8) is 0 Å². The minimum Gasteiger partial charge on any atom is -0.550 e. The lowest BCUT2D eigenvalue weighted by Gasteiger charge is -2.02. The number of carboxylic acid groups (broad SMARTS) is 1. The Morgan fingerprint density at radius 2 is 2.12 bits per heavy atom. The molecule has 0 spiro atoms. The van der Waals surface area contributed by atoms with Gasteiger partial charge >= 0.3 is 0 Å². The van der Waals surface area contributed by atoms with Crippen LogP contribution in [0.3, 0.4) is 0 Å². The van der Waals surface area contributed by atoms with Crippen molar-refractivity contribution in [1.82, 2.24) is 4.98 Å². The Kier molecular flexibility index (Phi) is 3.72. The summed E-state index contributed by atoms with van der Waals surface area (Å²) < 4.78 is 5.50. The number of thiazole rings is 1. The fourth-order valence-corrected chi connectivity index (χ4v) is 2.01. The van der Waals surface area contributed by atoms with Crippen LogP contribution in [0.25, 0.3) is 0 Å². The zero-order valence-corrected chi connectivity index (χ0v) is 9.78. The Balaban J connectivity index is 1.91. The first-order valence-electron chi connectivity index (χ1n) is 5.05. The van der Waals surface area contributed by atoms with Crippen LogP contribution in [0.5, 0.6) is 5.75 Å². The molecular weight excluding hydrogens is 238 g/mol. The topological polar surface area (TPSA) is 62.2 Å². The quantitative estimate of drug-likeness (QED) is 0.792. The van der Waals surface area contributed by atoms with Gasteiger partial charge in [0.25, 0.3) is 0 Å². The lowest BCUT2D eigenvalue weighted by atomic mass is 10.3. The molecule has 1 aromatic heterocycles. The van der Waals surface area contributed by atoms with Crippen molar-refractivity contribution in [3.8, 4) is 5.75 Å². The van der Waals surface area contributed by atoms with E-state index in [-0.39, 0.29) is 6.42 Å². The van der Waals surface area contributed by atoms with Gasteiger partial charge in [0.15, 0.2) is 0 Å². The van der Waals surface area contributed by atoms with Crippen LogP contribution < -0.4 is 9.84 Å². The van der Waals surface area contributed by atoms with E-state index in [0.717, 1.165) is 10.8 Å². The van der Waals surface area contributed by atoms with Crippen LogP contribution in [0.1, 0.15) is 10.7 Å². The summed E-state index contributed by atoms with van der Waals surface area (Å²) in [5, 5.41) is 12.8. The molecule has 1 heterocycles. The van der Waals surface area contributed by atoms with Crippen LogP contribution in [0.4, 0.5) is 0 Å². The third kappa shape index (κ3) is 3.57. The summed E-state index contributed by atoms with van der Waals surface area (Å²) in [4.78, 5) is 14.5. The van der Waals surface area contributed by atoms with Gasteiger partial charge in [-0.15, -0.1) is 11.3 Å². The van der Waals surface area contributed by atoms with Crippen molar-refractivity contribution in [2.75, 3.05) is 0 Å². The first-order valence-corrected chi connectivity index (χ1v) is 5.93. The molecule has 0 bridgehead atoms. The van der Waals surface area contributed by atoms with E-state index < -0.39 is 5.97 Å². The highest BCUT2D eigenvalue weighted by Gasteiger charge is 2.03. The van der Waals surface area contributed by atoms with Crippen LogP contribution in [0.15, 0.2) is 35.7 Å². The van der Waals surface area contributed by atoms with E-state index in [1.54, 1.807) is 5.38 Å². The number of ether oxygens (including phenoxy) is 1. The third-order valence-corrected chi connectivity index (χ3v) is 2.90. The summed E-state index contributed by atoms with van der Waals surface area (Å²) >= 11 is 1.38. The largest absolute Gasteiger partial charge is 0.550 e. The zero-order chi connectivity index (χ0) is 12.1. The van der Waals surface area contributed by atoms with Crippen molar-refractivity contribution >= 4 is 17.3 Å². The summed E-state index contributed by atoms with van der Waals surface area (Å²) in [6, 6.07) is 9.40. The van der Waals surface area contributed by atoms with Crippen molar-refractivity contribution in [3.05, 3.63) is 46.4 Å². The Hall–Kier alpha value is -1.88. The van der Waals surface area contributed by atoms with Gasteiger partial charge < -0.3 is 14.6 Å². The second kappa shape index (κ2) is 5.45. The molecule has 0 atom stereocenters. The van der Waals surface area contributed by atoms with Gasteiger partial charge in [0.1, 0.15) is 17.4 Å². The van der Waals surface area contributed by atoms with Crippen LogP contribution in [0, 0.1) is 0 Å². The maximum Gasteiger partial charge on any atom is 0.140 e. The van der Waals surface area contributed by atoms with Gasteiger partial charge in [-0.1, -0.05) is 18.2 Å². The average molecular weight is 248 g/mol. The van der Waals surface area contributed by atoms with Crippen molar-refractivity contribution in [2.24, 2.45) is 0 Å². The number of rotatable bonds is 5. The Bertz CT molecular complexity index is 495. The second-order valence-corrected chi connectivity index (χ2v) is 4.33. The number of carbonyl (C=O) groups excluding carboxylic acids is 1. The molecule has 1 aromatic carbocycles. The Labute approximate surface area is 103 Å². The molecule has 0 amide bonds. The van der Waals surface area contributed by atoms with E-state index in [1.807, 2.05) is 30.3 Å². The first-order chi connectivity index (χ1) is 8.24. The van der Waals surface area contributed by atoms with Crippen LogP contribution in [-0.2, 0) is 17.8 Å². The molecule has 0 saturated heterocycles. The average Bonchev–Trinajstić information content (AvgIpc) is 2.75. The predicted molar refractivity (Wildman–Crippen MR) is 61.6 cm³/mol. The van der Waals surface area contributed by atoms with E-state index in [0.29, 0.717) is 12.3 Å². The predicted octanol–water partition coefficient (Wildman–Crippen LogP) is 1.01. The maximum atomic E-state index is 10.4. The molecule has 0 N–H and O–H groups in total. The van der Waals surface area contributed by atoms with Gasteiger partial charge in [0.2, 0.25) is 0 Å². The number of aromatic nitrogens is 1. The number of nitrogens with zero attached hydrogens (tertiary/aromatic N) is 1. The molecule has 0 radical (unpaired) electrons. The molecule has 17 heavy (non-hydrogen) atoms. The molecule has 2 aromatic rings. The van der Waals surface area contributed by atoms with Gasteiger partial charge in [-0.3, -0.25) is 0 Å². The lowest BCUT2D eigenvalue weighted by molar-refractivity contribution is -0.304. The molecule has 0 aliphatic rings. The first kappa shape index (κ1) is 11.6. The minimum absolute atomic E-state index is 0.151. The van der Waals surface area contributed by atoms with E-state index in [1.165, 1.54) is 11.3 Å². The highest BCUT2D eigenvalue weighted by Crippen LogP contribution is 2.15. The Morgan fingerprint density at radius 1 is 1.35 bits per heavy atom. The molecule has 2 rings (SSSR count). The number of hydrogen-bond donors (Lipinski definition) is 0. The lowest BCUT2D eigenvalue weighted by Crippen LogP contribution is -2.24. The smallest absolute Gasteiger partial charge is 0.140 e. The normalized spacial score (nSPS) is 10.1. The number of carbonyl (C=O) groups is 1. The fraction of sp³-hybridized carbons (Fsp3) is 0.167. The van der Waals surface area contributed by atoms with Crippen molar-refractivity contribution in [1.29, 1.82) is 0 Å². The number of benzene rings is 1.